The second kappa shape index (κ2) is 9.89. The minimum absolute atomic E-state index is 0.156. The van der Waals surface area contributed by atoms with Crippen LogP contribution < -0.4 is 10.1 Å². The maximum Gasteiger partial charge on any atom is 0.262 e. The Morgan fingerprint density at radius 3 is 2.21 bits per heavy atom. The van der Waals surface area contributed by atoms with E-state index in [-0.39, 0.29) is 17.4 Å². The van der Waals surface area contributed by atoms with E-state index in [1.54, 1.807) is 19.9 Å². The molecule has 1 N–H and O–H groups in total. The Balaban J connectivity index is 2.16. The lowest BCUT2D eigenvalue weighted by Gasteiger charge is -2.20. The molecule has 0 aliphatic carbocycles. The Morgan fingerprint density at radius 1 is 1.03 bits per heavy atom. The normalized spacial score (nSPS) is 11.5. The second-order valence-electron chi connectivity index (χ2n) is 6.84. The molecule has 29 heavy (non-hydrogen) atoms. The highest BCUT2D eigenvalue weighted by molar-refractivity contribution is 7.89. The average Bonchev–Trinajstić information content (AvgIpc) is 2.70. The summed E-state index contributed by atoms with van der Waals surface area (Å²) < 4.78 is 32.6. The molecule has 0 spiro atoms. The first-order valence-electron chi connectivity index (χ1n) is 9.85. The van der Waals surface area contributed by atoms with Crippen molar-refractivity contribution in [3.63, 3.8) is 0 Å². The van der Waals surface area contributed by atoms with Gasteiger partial charge < -0.3 is 10.1 Å². The number of anilines is 1. The first kappa shape index (κ1) is 22.9. The number of sulfonamides is 1. The Hall–Kier alpha value is -2.38. The molecule has 158 valence electrons. The zero-order valence-corrected chi connectivity index (χ0v) is 18.6. The molecule has 0 heterocycles. The number of nitrogens with one attached hydrogen (secondary N) is 1. The van der Waals surface area contributed by atoms with Crippen LogP contribution in [0.2, 0.25) is 0 Å². The molecule has 7 heteroatoms. The van der Waals surface area contributed by atoms with Crippen molar-refractivity contribution < 1.29 is 17.9 Å². The van der Waals surface area contributed by atoms with Crippen molar-refractivity contribution in [2.75, 3.05) is 25.0 Å². The molecule has 6 nitrogen and oxygen atoms in total. The average molecular weight is 419 g/mol. The number of carbonyl (C=O) groups is 1. The lowest BCUT2D eigenvalue weighted by atomic mass is 10.1. The number of hydrogen-bond donors (Lipinski definition) is 1. The van der Waals surface area contributed by atoms with Crippen LogP contribution in [0, 0.1) is 13.8 Å². The molecule has 0 aromatic heterocycles. The van der Waals surface area contributed by atoms with Crippen molar-refractivity contribution >= 4 is 21.6 Å². The number of aryl methyl sites for hydroxylation is 2. The van der Waals surface area contributed by atoms with Crippen LogP contribution in [0.1, 0.15) is 37.5 Å². The summed E-state index contributed by atoms with van der Waals surface area (Å²) in [5, 5.41) is 2.78. The third-order valence-electron chi connectivity index (χ3n) is 4.96. The number of amides is 1. The monoisotopic (exact) mass is 418 g/mol. The van der Waals surface area contributed by atoms with Gasteiger partial charge in [0.2, 0.25) is 10.0 Å². The fraction of sp³-hybridized carbons (Fsp3) is 0.409. The predicted octanol–water partition coefficient (Wildman–Crippen LogP) is 3.91. The SMILES string of the molecule is CCc1ccc(OCC(=O)Nc2cc(S(=O)(=O)N(CC)CC)cc(C)c2C)cc1. The molecule has 2 aromatic carbocycles. The number of hydrogen-bond acceptors (Lipinski definition) is 4. The Morgan fingerprint density at radius 2 is 1.66 bits per heavy atom. The second-order valence-corrected chi connectivity index (χ2v) is 8.77. The number of carbonyl (C=O) groups excluding carboxylic acids is 1. The van der Waals surface area contributed by atoms with Crippen molar-refractivity contribution in [1.82, 2.24) is 4.31 Å². The van der Waals surface area contributed by atoms with Crippen molar-refractivity contribution in [3.8, 4) is 5.75 Å². The van der Waals surface area contributed by atoms with Crippen LogP contribution in [0.15, 0.2) is 41.3 Å². The van der Waals surface area contributed by atoms with E-state index in [9.17, 15) is 13.2 Å². The summed E-state index contributed by atoms with van der Waals surface area (Å²) in [7, 11) is -3.61. The highest BCUT2D eigenvalue weighted by Gasteiger charge is 2.23. The number of ether oxygens (including phenoxy) is 1. The zero-order chi connectivity index (χ0) is 21.6. The minimum Gasteiger partial charge on any atom is -0.484 e. The van der Waals surface area contributed by atoms with Gasteiger partial charge in [-0.25, -0.2) is 8.42 Å². The molecular weight excluding hydrogens is 388 g/mol. The summed E-state index contributed by atoms with van der Waals surface area (Å²) in [6.45, 7) is 9.97. The van der Waals surface area contributed by atoms with Crippen molar-refractivity contribution in [2.45, 2.75) is 45.9 Å². The van der Waals surface area contributed by atoms with Crippen LogP contribution >= 0.6 is 0 Å². The van der Waals surface area contributed by atoms with Crippen molar-refractivity contribution in [3.05, 3.63) is 53.1 Å². The molecule has 0 aliphatic rings. The van der Waals surface area contributed by atoms with Gasteiger partial charge in [0.15, 0.2) is 6.61 Å². The quantitative estimate of drug-likeness (QED) is 0.670. The van der Waals surface area contributed by atoms with E-state index in [0.29, 0.717) is 24.5 Å². The van der Waals surface area contributed by atoms with Crippen LogP contribution in [0.5, 0.6) is 5.75 Å². The molecular formula is C22H30N2O4S. The van der Waals surface area contributed by atoms with Gasteiger partial charge in [-0.2, -0.15) is 4.31 Å². The summed E-state index contributed by atoms with van der Waals surface area (Å²) in [5.41, 5.74) is 3.29. The van der Waals surface area contributed by atoms with E-state index in [4.69, 9.17) is 4.74 Å². The van der Waals surface area contributed by atoms with Gasteiger partial charge in [0.05, 0.1) is 4.90 Å². The maximum atomic E-state index is 12.8. The van der Waals surface area contributed by atoms with Crippen LogP contribution in [0.4, 0.5) is 5.69 Å². The molecule has 0 bridgehead atoms. The predicted molar refractivity (Wildman–Crippen MR) is 116 cm³/mol. The van der Waals surface area contributed by atoms with Gasteiger partial charge in [0.1, 0.15) is 5.75 Å². The molecule has 2 aromatic rings. The van der Waals surface area contributed by atoms with Crippen LogP contribution in [-0.2, 0) is 21.2 Å². The van der Waals surface area contributed by atoms with E-state index < -0.39 is 10.0 Å². The Labute approximate surface area is 173 Å². The summed E-state index contributed by atoms with van der Waals surface area (Å²) in [5.74, 6) is 0.271. The van der Waals surface area contributed by atoms with E-state index in [2.05, 4.69) is 12.2 Å². The maximum absolute atomic E-state index is 12.8. The molecule has 1 amide bonds. The van der Waals surface area contributed by atoms with Gasteiger partial charge in [-0.3, -0.25) is 4.79 Å². The van der Waals surface area contributed by atoms with Crippen LogP contribution in [0.25, 0.3) is 0 Å². The molecule has 0 fully saturated rings. The molecule has 0 radical (unpaired) electrons. The Kier molecular flexibility index (Phi) is 7.81. The van der Waals surface area contributed by atoms with Crippen molar-refractivity contribution in [1.29, 1.82) is 0 Å². The first-order chi connectivity index (χ1) is 13.7. The van der Waals surface area contributed by atoms with Crippen molar-refractivity contribution in [2.24, 2.45) is 0 Å². The molecule has 0 saturated heterocycles. The summed E-state index contributed by atoms with van der Waals surface area (Å²) in [4.78, 5) is 12.6. The van der Waals surface area contributed by atoms with Crippen LogP contribution in [0.3, 0.4) is 0 Å². The summed E-state index contributed by atoms with van der Waals surface area (Å²) >= 11 is 0. The zero-order valence-electron chi connectivity index (χ0n) is 17.8. The molecule has 0 unspecified atom stereocenters. The smallest absolute Gasteiger partial charge is 0.262 e. The fourth-order valence-corrected chi connectivity index (χ4v) is 4.54. The fourth-order valence-electron chi connectivity index (χ4n) is 2.97. The Bertz CT molecular complexity index is 950. The van der Waals surface area contributed by atoms with E-state index in [0.717, 1.165) is 17.5 Å². The third kappa shape index (κ3) is 5.58. The summed E-state index contributed by atoms with van der Waals surface area (Å²) in [6, 6.07) is 10.7. The number of rotatable bonds is 9. The highest BCUT2D eigenvalue weighted by Crippen LogP contribution is 2.26. The summed E-state index contributed by atoms with van der Waals surface area (Å²) in [6.07, 6.45) is 0.937. The van der Waals surface area contributed by atoms with Crippen LogP contribution in [-0.4, -0.2) is 38.3 Å². The van der Waals surface area contributed by atoms with E-state index in [1.165, 1.54) is 15.9 Å². The van der Waals surface area contributed by atoms with Gasteiger partial charge in [-0.15, -0.1) is 0 Å². The topological polar surface area (TPSA) is 75.7 Å². The lowest BCUT2D eigenvalue weighted by Crippen LogP contribution is -2.31. The largest absolute Gasteiger partial charge is 0.484 e. The first-order valence-corrected chi connectivity index (χ1v) is 11.3. The van der Waals surface area contributed by atoms with Gasteiger partial charge in [0.25, 0.3) is 5.91 Å². The molecule has 2 rings (SSSR count). The van der Waals surface area contributed by atoms with E-state index >= 15 is 0 Å². The minimum atomic E-state index is -3.61. The standard InChI is InChI=1S/C22H30N2O4S/c1-6-18-9-11-19(12-10-18)28-15-22(25)23-21-14-20(13-16(4)17(21)5)29(26,27)24(7-2)8-3/h9-14H,6-8,15H2,1-5H3,(H,23,25). The molecule has 0 atom stereocenters. The van der Waals surface area contributed by atoms with Gasteiger partial charge in [-0.05, 0) is 61.2 Å². The molecule has 0 saturated carbocycles. The third-order valence-corrected chi connectivity index (χ3v) is 6.99. The number of benzene rings is 2. The number of nitrogens with zero attached hydrogens (tertiary/aromatic N) is 1. The molecule has 0 aliphatic heterocycles. The lowest BCUT2D eigenvalue weighted by molar-refractivity contribution is -0.118. The van der Waals surface area contributed by atoms with Gasteiger partial charge in [0, 0.05) is 18.8 Å². The van der Waals surface area contributed by atoms with Gasteiger partial charge >= 0.3 is 0 Å². The van der Waals surface area contributed by atoms with E-state index in [1.807, 2.05) is 38.1 Å². The van der Waals surface area contributed by atoms with Gasteiger partial charge in [-0.1, -0.05) is 32.9 Å². The highest BCUT2D eigenvalue weighted by atomic mass is 32.2.